The van der Waals surface area contributed by atoms with Crippen LogP contribution in [0.5, 0.6) is 0 Å². The second-order valence-electron chi connectivity index (χ2n) is 6.40. The van der Waals surface area contributed by atoms with Gasteiger partial charge in [0.15, 0.2) is 0 Å². The second kappa shape index (κ2) is 8.29. The van der Waals surface area contributed by atoms with Crippen LogP contribution in [0.1, 0.15) is 31.3 Å². The zero-order valence-electron chi connectivity index (χ0n) is 14.8. The van der Waals surface area contributed by atoms with Crippen molar-refractivity contribution in [3.63, 3.8) is 0 Å². The number of anilines is 2. The summed E-state index contributed by atoms with van der Waals surface area (Å²) in [6, 6.07) is 18.9. The topological polar surface area (TPSA) is 80.0 Å². The summed E-state index contributed by atoms with van der Waals surface area (Å²) < 4.78 is 5.37. The first-order chi connectivity index (χ1) is 12.6. The zero-order valence-corrected chi connectivity index (χ0v) is 14.8. The molecule has 0 aliphatic rings. The molecule has 26 heavy (non-hydrogen) atoms. The summed E-state index contributed by atoms with van der Waals surface area (Å²) in [7, 11) is 0. The van der Waals surface area contributed by atoms with Gasteiger partial charge in [-0.1, -0.05) is 62.4 Å². The number of benzene rings is 2. The summed E-state index contributed by atoms with van der Waals surface area (Å²) in [5.41, 5.74) is 1.83. The van der Waals surface area contributed by atoms with Crippen molar-refractivity contribution in [2.45, 2.75) is 26.3 Å². The third-order valence-electron chi connectivity index (χ3n) is 3.93. The van der Waals surface area contributed by atoms with Crippen molar-refractivity contribution < 1.29 is 9.32 Å². The lowest BCUT2D eigenvalue weighted by molar-refractivity contribution is -0.121. The van der Waals surface area contributed by atoms with Crippen molar-refractivity contribution in [3.8, 4) is 0 Å². The van der Waals surface area contributed by atoms with Crippen molar-refractivity contribution >= 4 is 17.5 Å². The maximum atomic E-state index is 12.4. The molecule has 2 N–H and O–H groups in total. The summed E-state index contributed by atoms with van der Waals surface area (Å²) in [5.74, 6) is 0.791. The van der Waals surface area contributed by atoms with Crippen LogP contribution in [0, 0.1) is 5.92 Å². The molecule has 3 rings (SSSR count). The Bertz CT molecular complexity index is 831. The number of rotatable bonds is 7. The predicted molar refractivity (Wildman–Crippen MR) is 99.9 cm³/mol. The Kier molecular flexibility index (Phi) is 5.63. The molecule has 1 amide bonds. The number of para-hydroxylation sites is 1. The van der Waals surface area contributed by atoms with E-state index in [9.17, 15) is 4.79 Å². The molecule has 0 saturated carbocycles. The highest BCUT2D eigenvalue weighted by molar-refractivity contribution is 5.78. The van der Waals surface area contributed by atoms with Crippen LogP contribution in [-0.4, -0.2) is 16.0 Å². The van der Waals surface area contributed by atoms with E-state index in [1.165, 1.54) is 0 Å². The summed E-state index contributed by atoms with van der Waals surface area (Å²) in [6.07, 6.45) is 0.313. The van der Waals surface area contributed by atoms with Crippen molar-refractivity contribution in [3.05, 3.63) is 72.1 Å². The van der Waals surface area contributed by atoms with Gasteiger partial charge in [0, 0.05) is 5.69 Å². The van der Waals surface area contributed by atoms with Crippen molar-refractivity contribution in [2.75, 3.05) is 5.32 Å². The Hall–Kier alpha value is -3.15. The fourth-order valence-corrected chi connectivity index (χ4v) is 2.58. The van der Waals surface area contributed by atoms with Crippen LogP contribution in [0.15, 0.2) is 65.2 Å². The molecule has 0 fully saturated rings. The van der Waals surface area contributed by atoms with Crippen molar-refractivity contribution in [2.24, 2.45) is 5.92 Å². The number of carbonyl (C=O) groups excluding carboxylic acids is 1. The molecule has 1 aromatic heterocycles. The van der Waals surface area contributed by atoms with Crippen LogP contribution in [0.4, 0.5) is 11.6 Å². The minimum Gasteiger partial charge on any atom is -0.344 e. The lowest BCUT2D eigenvalue weighted by Gasteiger charge is -2.18. The Morgan fingerprint density at radius 3 is 2.35 bits per heavy atom. The molecular formula is C20H22N4O2. The average molecular weight is 350 g/mol. The molecule has 3 aromatic rings. The van der Waals surface area contributed by atoms with E-state index in [0.717, 1.165) is 11.3 Å². The van der Waals surface area contributed by atoms with Crippen molar-refractivity contribution in [1.29, 1.82) is 0 Å². The number of carbonyl (C=O) groups is 1. The Labute approximate surface area is 152 Å². The van der Waals surface area contributed by atoms with Gasteiger partial charge in [-0.15, -0.1) is 0 Å². The molecule has 6 nitrogen and oxygen atoms in total. The first-order valence-electron chi connectivity index (χ1n) is 8.61. The van der Waals surface area contributed by atoms with E-state index in [1.54, 1.807) is 0 Å². The van der Waals surface area contributed by atoms with Gasteiger partial charge in [-0.25, -0.2) is 0 Å². The minimum atomic E-state index is -0.343. The van der Waals surface area contributed by atoms with Gasteiger partial charge in [-0.3, -0.25) is 4.79 Å². The normalized spacial score (nSPS) is 12.0. The highest BCUT2D eigenvalue weighted by Crippen LogP contribution is 2.22. The summed E-state index contributed by atoms with van der Waals surface area (Å²) in [6.45, 7) is 4.00. The summed E-state index contributed by atoms with van der Waals surface area (Å²) >= 11 is 0. The third kappa shape index (κ3) is 4.69. The summed E-state index contributed by atoms with van der Waals surface area (Å²) in [5, 5.41) is 10.0. The number of nitrogens with zero attached hydrogens (tertiary/aromatic N) is 2. The standard InChI is InChI=1S/C20H22N4O2/c1-14(2)18(22-17(25)13-15-9-5-3-6-10-15)19-23-20(24-26-19)21-16-11-7-4-8-12-16/h3-12,14,18H,13H2,1-2H3,(H,21,24)(H,22,25). The number of aromatic nitrogens is 2. The molecule has 1 atom stereocenters. The van der Waals surface area contributed by atoms with Gasteiger partial charge >= 0.3 is 0 Å². The highest BCUT2D eigenvalue weighted by Gasteiger charge is 2.24. The quantitative estimate of drug-likeness (QED) is 0.676. The van der Waals surface area contributed by atoms with Crippen LogP contribution >= 0.6 is 0 Å². The molecule has 0 spiro atoms. The SMILES string of the molecule is CC(C)C(NC(=O)Cc1ccccc1)c1nc(Nc2ccccc2)no1. The van der Waals surface area contributed by atoms with Gasteiger partial charge in [0.05, 0.1) is 6.42 Å². The average Bonchev–Trinajstić information content (AvgIpc) is 3.09. The molecule has 0 aliphatic carbocycles. The molecule has 6 heteroatoms. The highest BCUT2D eigenvalue weighted by atomic mass is 16.5. The number of hydrogen-bond acceptors (Lipinski definition) is 5. The smallest absolute Gasteiger partial charge is 0.267 e. The molecule has 134 valence electrons. The zero-order chi connectivity index (χ0) is 18.4. The monoisotopic (exact) mass is 350 g/mol. The van der Waals surface area contributed by atoms with E-state index in [-0.39, 0.29) is 17.9 Å². The van der Waals surface area contributed by atoms with Gasteiger partial charge in [-0.05, 0) is 28.8 Å². The maximum absolute atomic E-state index is 12.4. The van der Waals surface area contributed by atoms with Crippen LogP contribution in [-0.2, 0) is 11.2 Å². The van der Waals surface area contributed by atoms with Gasteiger partial charge in [0.2, 0.25) is 5.91 Å². The van der Waals surface area contributed by atoms with Crippen molar-refractivity contribution in [1.82, 2.24) is 15.5 Å². The van der Waals surface area contributed by atoms with E-state index in [4.69, 9.17) is 4.52 Å². The Balaban J connectivity index is 1.67. The number of hydrogen-bond donors (Lipinski definition) is 2. The van der Waals surface area contributed by atoms with E-state index < -0.39 is 0 Å². The molecule has 0 bridgehead atoms. The molecule has 1 unspecified atom stereocenters. The Morgan fingerprint density at radius 1 is 1.04 bits per heavy atom. The third-order valence-corrected chi connectivity index (χ3v) is 3.93. The largest absolute Gasteiger partial charge is 0.344 e. The molecule has 0 aliphatic heterocycles. The first-order valence-corrected chi connectivity index (χ1v) is 8.61. The lowest BCUT2D eigenvalue weighted by Crippen LogP contribution is -2.33. The predicted octanol–water partition coefficient (Wildman–Crippen LogP) is 3.87. The summed E-state index contributed by atoms with van der Waals surface area (Å²) in [4.78, 5) is 16.8. The van der Waals surface area contributed by atoms with E-state index >= 15 is 0 Å². The maximum Gasteiger partial charge on any atom is 0.267 e. The molecular weight excluding hydrogens is 328 g/mol. The fourth-order valence-electron chi connectivity index (χ4n) is 2.58. The fraction of sp³-hybridized carbons (Fsp3) is 0.250. The van der Waals surface area contributed by atoms with Gasteiger partial charge < -0.3 is 15.2 Å². The van der Waals surface area contributed by atoms with Gasteiger partial charge in [0.25, 0.3) is 11.8 Å². The van der Waals surface area contributed by atoms with E-state index in [0.29, 0.717) is 18.3 Å². The van der Waals surface area contributed by atoms with Crippen LogP contribution in [0.25, 0.3) is 0 Å². The molecule has 1 heterocycles. The van der Waals surface area contributed by atoms with Crippen LogP contribution in [0.2, 0.25) is 0 Å². The van der Waals surface area contributed by atoms with Gasteiger partial charge in [0.1, 0.15) is 6.04 Å². The first kappa shape index (κ1) is 17.7. The second-order valence-corrected chi connectivity index (χ2v) is 6.40. The molecule has 0 radical (unpaired) electrons. The van der Waals surface area contributed by atoms with Crippen LogP contribution in [0.3, 0.4) is 0 Å². The van der Waals surface area contributed by atoms with Crippen LogP contribution < -0.4 is 10.6 Å². The molecule has 0 saturated heterocycles. The molecule has 2 aromatic carbocycles. The van der Waals surface area contributed by atoms with E-state index in [2.05, 4.69) is 20.8 Å². The Morgan fingerprint density at radius 2 is 1.69 bits per heavy atom. The minimum absolute atomic E-state index is 0.0781. The number of amides is 1. The number of nitrogens with one attached hydrogen (secondary N) is 2. The lowest BCUT2D eigenvalue weighted by atomic mass is 10.0. The van der Waals surface area contributed by atoms with Gasteiger partial charge in [-0.2, -0.15) is 4.98 Å². The van der Waals surface area contributed by atoms with E-state index in [1.807, 2.05) is 74.5 Å².